The number of anilines is 1. The van der Waals surface area contributed by atoms with E-state index in [1.807, 2.05) is 24.5 Å². The zero-order valence-electron chi connectivity index (χ0n) is 16.0. The van der Waals surface area contributed by atoms with Crippen LogP contribution >= 0.6 is 23.2 Å². The second-order valence-corrected chi connectivity index (χ2v) is 7.26. The molecule has 6 nitrogen and oxygen atoms in total. The van der Waals surface area contributed by atoms with E-state index < -0.39 is 17.6 Å². The third-order valence-electron chi connectivity index (χ3n) is 4.30. The minimum Gasteiger partial charge on any atom is -0.318 e. The lowest BCUT2D eigenvalue weighted by atomic mass is 10.2. The Kier molecular flexibility index (Phi) is 6.54. The second-order valence-electron chi connectivity index (χ2n) is 6.42. The number of amides is 2. The van der Waals surface area contributed by atoms with E-state index in [4.69, 9.17) is 23.2 Å². The maximum absolute atomic E-state index is 12.9. The van der Waals surface area contributed by atoms with Gasteiger partial charge < -0.3 is 9.88 Å². The maximum Gasteiger partial charge on any atom is 0.329 e. The number of nitrogens with one attached hydrogen (secondary N) is 2. The Hall–Kier alpha value is -3.16. The molecule has 0 fully saturated rings. The Morgan fingerprint density at radius 1 is 1.03 bits per heavy atom. The zero-order valence-corrected chi connectivity index (χ0v) is 17.6. The van der Waals surface area contributed by atoms with Crippen molar-refractivity contribution < 1.29 is 14.0 Å². The fraction of sp³-hybridized carbons (Fsp3) is 0.0952. The van der Waals surface area contributed by atoms with E-state index in [0.717, 1.165) is 22.6 Å². The molecule has 1 aromatic heterocycles. The fourth-order valence-electron chi connectivity index (χ4n) is 2.88. The Morgan fingerprint density at radius 2 is 1.73 bits per heavy atom. The van der Waals surface area contributed by atoms with Gasteiger partial charge in [-0.25, -0.2) is 9.82 Å². The number of aromatic nitrogens is 1. The summed E-state index contributed by atoms with van der Waals surface area (Å²) in [6.45, 7) is 3.77. The first kappa shape index (κ1) is 21.5. The lowest BCUT2D eigenvalue weighted by Crippen LogP contribution is -2.32. The van der Waals surface area contributed by atoms with Gasteiger partial charge >= 0.3 is 11.8 Å². The van der Waals surface area contributed by atoms with Crippen molar-refractivity contribution in [1.29, 1.82) is 0 Å². The highest BCUT2D eigenvalue weighted by molar-refractivity contribution is 6.39. The molecule has 0 atom stereocenters. The molecule has 0 aliphatic heterocycles. The van der Waals surface area contributed by atoms with Crippen molar-refractivity contribution in [3.63, 3.8) is 0 Å². The number of carbonyl (C=O) groups is 2. The van der Waals surface area contributed by atoms with Crippen LogP contribution in [0.1, 0.15) is 17.0 Å². The minimum atomic E-state index is -0.956. The summed E-state index contributed by atoms with van der Waals surface area (Å²) in [6.07, 6.45) is 1.43. The Labute approximate surface area is 182 Å². The third-order valence-corrected chi connectivity index (χ3v) is 4.85. The molecule has 2 aromatic carbocycles. The minimum absolute atomic E-state index is 0.294. The Bertz CT molecular complexity index is 1140. The van der Waals surface area contributed by atoms with Crippen LogP contribution in [0, 0.1) is 19.7 Å². The second kappa shape index (κ2) is 9.11. The monoisotopic (exact) mass is 446 g/mol. The van der Waals surface area contributed by atoms with Gasteiger partial charge in [0.25, 0.3) is 0 Å². The molecular formula is C21H17Cl2FN4O2. The van der Waals surface area contributed by atoms with Crippen LogP contribution in [0.2, 0.25) is 10.0 Å². The topological polar surface area (TPSA) is 75.5 Å². The van der Waals surface area contributed by atoms with Crippen LogP contribution in [0.5, 0.6) is 0 Å². The molecule has 0 bridgehead atoms. The molecule has 0 saturated heterocycles. The Balaban J connectivity index is 1.70. The zero-order chi connectivity index (χ0) is 21.8. The van der Waals surface area contributed by atoms with Crippen molar-refractivity contribution in [2.24, 2.45) is 5.10 Å². The van der Waals surface area contributed by atoms with Gasteiger partial charge in [0, 0.05) is 27.7 Å². The summed E-state index contributed by atoms with van der Waals surface area (Å²) in [5.41, 5.74) is 5.62. The number of hydrazone groups is 1. The number of rotatable bonds is 4. The quantitative estimate of drug-likeness (QED) is 0.348. The SMILES string of the molecule is Cc1cc(/C=N\NC(=O)C(=O)Nc2ccc(F)cc2)c(C)n1-c1cc(Cl)ccc1Cl. The van der Waals surface area contributed by atoms with E-state index in [-0.39, 0.29) is 0 Å². The maximum atomic E-state index is 12.9. The highest BCUT2D eigenvalue weighted by Crippen LogP contribution is 2.28. The van der Waals surface area contributed by atoms with E-state index in [9.17, 15) is 14.0 Å². The van der Waals surface area contributed by atoms with Crippen molar-refractivity contribution >= 4 is 46.9 Å². The standard InChI is InChI=1S/C21H17Cl2FN4O2/c1-12-9-14(13(2)28(12)19-10-15(22)3-8-18(19)23)11-25-27-21(30)20(29)26-17-6-4-16(24)5-7-17/h3-11H,1-2H3,(H,26,29)(H,27,30)/b25-11-. The molecule has 30 heavy (non-hydrogen) atoms. The lowest BCUT2D eigenvalue weighted by molar-refractivity contribution is -0.136. The van der Waals surface area contributed by atoms with Crippen LogP contribution in [0.25, 0.3) is 5.69 Å². The van der Waals surface area contributed by atoms with Crippen molar-refractivity contribution in [3.8, 4) is 5.69 Å². The largest absolute Gasteiger partial charge is 0.329 e. The number of nitrogens with zero attached hydrogens (tertiary/aromatic N) is 2. The van der Waals surface area contributed by atoms with E-state index in [1.54, 1.807) is 18.2 Å². The van der Waals surface area contributed by atoms with E-state index in [2.05, 4.69) is 15.8 Å². The van der Waals surface area contributed by atoms with Gasteiger partial charge in [-0.05, 0) is 62.4 Å². The summed E-state index contributed by atoms with van der Waals surface area (Å²) >= 11 is 12.4. The Morgan fingerprint density at radius 3 is 2.43 bits per heavy atom. The molecule has 0 saturated carbocycles. The molecule has 0 unspecified atom stereocenters. The molecule has 0 aliphatic rings. The van der Waals surface area contributed by atoms with Gasteiger partial charge in [-0.1, -0.05) is 23.2 Å². The van der Waals surface area contributed by atoms with Crippen molar-refractivity contribution in [3.05, 3.63) is 81.3 Å². The van der Waals surface area contributed by atoms with Gasteiger partial charge in [-0.2, -0.15) is 5.10 Å². The van der Waals surface area contributed by atoms with Crippen LogP contribution in [-0.2, 0) is 9.59 Å². The molecule has 3 rings (SSSR count). The molecule has 1 heterocycles. The summed E-state index contributed by atoms with van der Waals surface area (Å²) in [5, 5.41) is 7.29. The third kappa shape index (κ3) is 4.87. The molecule has 3 aromatic rings. The summed E-state index contributed by atoms with van der Waals surface area (Å²) in [7, 11) is 0. The predicted octanol–water partition coefficient (Wildman–Crippen LogP) is 4.63. The van der Waals surface area contributed by atoms with Crippen molar-refractivity contribution in [2.45, 2.75) is 13.8 Å². The molecular weight excluding hydrogens is 430 g/mol. The smallest absolute Gasteiger partial charge is 0.318 e. The first-order valence-electron chi connectivity index (χ1n) is 8.80. The summed E-state index contributed by atoms with van der Waals surface area (Å²) < 4.78 is 14.8. The summed E-state index contributed by atoms with van der Waals surface area (Å²) in [6, 6.07) is 12.1. The summed E-state index contributed by atoms with van der Waals surface area (Å²) in [4.78, 5) is 23.8. The van der Waals surface area contributed by atoms with Crippen molar-refractivity contribution in [2.75, 3.05) is 5.32 Å². The van der Waals surface area contributed by atoms with Crippen LogP contribution in [0.15, 0.2) is 53.6 Å². The highest BCUT2D eigenvalue weighted by atomic mass is 35.5. The summed E-state index contributed by atoms with van der Waals surface area (Å²) in [5.74, 6) is -2.32. The molecule has 0 spiro atoms. The van der Waals surface area contributed by atoms with Crippen LogP contribution in [0.4, 0.5) is 10.1 Å². The average Bonchev–Trinajstić information content (AvgIpc) is 2.98. The van der Waals surface area contributed by atoms with E-state index in [0.29, 0.717) is 15.7 Å². The molecule has 9 heteroatoms. The number of benzene rings is 2. The number of hydrogen-bond donors (Lipinski definition) is 2. The molecule has 154 valence electrons. The number of aryl methyl sites for hydroxylation is 1. The molecule has 2 N–H and O–H groups in total. The number of carbonyl (C=O) groups excluding carboxylic acids is 2. The van der Waals surface area contributed by atoms with Crippen LogP contribution < -0.4 is 10.7 Å². The molecule has 0 radical (unpaired) electrons. The van der Waals surface area contributed by atoms with Gasteiger partial charge in [0.05, 0.1) is 16.9 Å². The molecule has 0 aliphatic carbocycles. The number of halogens is 3. The normalized spacial score (nSPS) is 11.0. The first-order chi connectivity index (χ1) is 14.3. The van der Waals surface area contributed by atoms with Gasteiger partial charge in [-0.3, -0.25) is 9.59 Å². The van der Waals surface area contributed by atoms with E-state index >= 15 is 0 Å². The highest BCUT2D eigenvalue weighted by Gasteiger charge is 2.14. The van der Waals surface area contributed by atoms with Gasteiger partial charge in [-0.15, -0.1) is 0 Å². The van der Waals surface area contributed by atoms with Crippen LogP contribution in [-0.4, -0.2) is 22.6 Å². The van der Waals surface area contributed by atoms with Crippen LogP contribution in [0.3, 0.4) is 0 Å². The number of hydrogen-bond acceptors (Lipinski definition) is 3. The van der Waals surface area contributed by atoms with Gasteiger partial charge in [0.2, 0.25) is 0 Å². The fourth-order valence-corrected chi connectivity index (χ4v) is 3.25. The average molecular weight is 447 g/mol. The predicted molar refractivity (Wildman–Crippen MR) is 116 cm³/mol. The van der Waals surface area contributed by atoms with Crippen molar-refractivity contribution in [1.82, 2.24) is 9.99 Å². The van der Waals surface area contributed by atoms with E-state index in [1.165, 1.54) is 30.5 Å². The first-order valence-corrected chi connectivity index (χ1v) is 9.56. The van der Waals surface area contributed by atoms with Gasteiger partial charge in [0.15, 0.2) is 0 Å². The van der Waals surface area contributed by atoms with Gasteiger partial charge in [0.1, 0.15) is 5.82 Å². The lowest BCUT2D eigenvalue weighted by Gasteiger charge is -2.12. The molecule has 2 amide bonds.